The van der Waals surface area contributed by atoms with Gasteiger partial charge in [-0.1, -0.05) is 13.8 Å². The second-order valence-corrected chi connectivity index (χ2v) is 4.69. The molecule has 0 spiro atoms. The van der Waals surface area contributed by atoms with E-state index in [9.17, 15) is 0 Å². The average Bonchev–Trinajstić information content (AvgIpc) is 2.05. The van der Waals surface area contributed by atoms with Gasteiger partial charge in [0.2, 0.25) is 0 Å². The molecule has 0 amide bonds. The first kappa shape index (κ1) is 8.52. The maximum absolute atomic E-state index is 5.78. The van der Waals surface area contributed by atoms with Crippen LogP contribution >= 0.6 is 0 Å². The maximum Gasteiger partial charge on any atom is 0.0684 e. The molecule has 0 aromatic rings. The van der Waals surface area contributed by atoms with E-state index < -0.39 is 0 Å². The zero-order valence-corrected chi connectivity index (χ0v) is 8.26. The number of nitrogens with one attached hydrogen (secondary N) is 1. The highest BCUT2D eigenvalue weighted by Gasteiger charge is 2.57. The molecule has 1 aliphatic heterocycles. The van der Waals surface area contributed by atoms with E-state index in [2.05, 4.69) is 26.2 Å². The highest BCUT2D eigenvalue weighted by Crippen LogP contribution is 2.50. The summed E-state index contributed by atoms with van der Waals surface area (Å²) in [5.74, 6) is 0.777. The van der Waals surface area contributed by atoms with Gasteiger partial charge in [-0.05, 0) is 19.9 Å². The van der Waals surface area contributed by atoms with Gasteiger partial charge in [-0.3, -0.25) is 0 Å². The molecule has 3 unspecified atom stereocenters. The Hall–Kier alpha value is -0.0800. The summed E-state index contributed by atoms with van der Waals surface area (Å²) in [5.41, 5.74) is 0.347. The van der Waals surface area contributed by atoms with Crippen molar-refractivity contribution in [2.24, 2.45) is 11.3 Å². The number of hydrogen-bond acceptors (Lipinski definition) is 2. The predicted octanol–water partition coefficient (Wildman–Crippen LogP) is 1.41. The molecule has 2 rings (SSSR count). The lowest BCUT2D eigenvalue weighted by molar-refractivity contribution is -0.191. The Morgan fingerprint density at radius 1 is 1.42 bits per heavy atom. The molecule has 0 aromatic heterocycles. The van der Waals surface area contributed by atoms with Crippen LogP contribution in [0.1, 0.15) is 26.7 Å². The molecule has 1 N–H and O–H groups in total. The van der Waals surface area contributed by atoms with Crippen molar-refractivity contribution < 1.29 is 4.74 Å². The molecule has 3 atom stereocenters. The lowest BCUT2D eigenvalue weighted by atomic mass is 9.55. The average molecular weight is 169 g/mol. The fourth-order valence-corrected chi connectivity index (χ4v) is 3.11. The van der Waals surface area contributed by atoms with Crippen molar-refractivity contribution in [2.75, 3.05) is 13.7 Å². The first-order valence-corrected chi connectivity index (χ1v) is 4.97. The van der Waals surface area contributed by atoms with E-state index in [0.717, 1.165) is 12.5 Å². The van der Waals surface area contributed by atoms with Crippen LogP contribution in [0.25, 0.3) is 0 Å². The molecule has 2 nitrogen and oxygen atoms in total. The SMILES string of the molecule is CNC1C2CCCOC2C1(C)C. The summed E-state index contributed by atoms with van der Waals surface area (Å²) >= 11 is 0. The highest BCUT2D eigenvalue weighted by molar-refractivity contribution is 5.09. The molecule has 2 aliphatic rings. The minimum Gasteiger partial charge on any atom is -0.377 e. The van der Waals surface area contributed by atoms with Gasteiger partial charge in [-0.15, -0.1) is 0 Å². The standard InChI is InChI=1S/C10H19NO/c1-10(2)8(11-3)7-5-4-6-12-9(7)10/h7-9,11H,4-6H2,1-3H3. The van der Waals surface area contributed by atoms with E-state index in [4.69, 9.17) is 4.74 Å². The van der Waals surface area contributed by atoms with Gasteiger partial charge in [0.15, 0.2) is 0 Å². The van der Waals surface area contributed by atoms with Gasteiger partial charge in [-0.25, -0.2) is 0 Å². The van der Waals surface area contributed by atoms with Crippen molar-refractivity contribution in [1.82, 2.24) is 5.32 Å². The number of hydrogen-bond donors (Lipinski definition) is 1. The lowest BCUT2D eigenvalue weighted by Crippen LogP contribution is -2.68. The monoisotopic (exact) mass is 169 g/mol. The normalized spacial score (nSPS) is 44.8. The van der Waals surface area contributed by atoms with E-state index in [0.29, 0.717) is 17.6 Å². The molecular weight excluding hydrogens is 150 g/mol. The van der Waals surface area contributed by atoms with Gasteiger partial charge in [0.1, 0.15) is 0 Å². The quantitative estimate of drug-likeness (QED) is 0.641. The molecule has 12 heavy (non-hydrogen) atoms. The first-order valence-electron chi connectivity index (χ1n) is 4.97. The Labute approximate surface area is 74.7 Å². The topological polar surface area (TPSA) is 21.3 Å². The van der Waals surface area contributed by atoms with Gasteiger partial charge in [0.05, 0.1) is 6.10 Å². The second kappa shape index (κ2) is 2.71. The van der Waals surface area contributed by atoms with Gasteiger partial charge in [-0.2, -0.15) is 0 Å². The third-order valence-corrected chi connectivity index (χ3v) is 3.64. The van der Waals surface area contributed by atoms with Gasteiger partial charge in [0, 0.05) is 24.0 Å². The molecule has 2 heteroatoms. The molecular formula is C10H19NO. The zero-order valence-electron chi connectivity index (χ0n) is 8.26. The second-order valence-electron chi connectivity index (χ2n) is 4.69. The van der Waals surface area contributed by atoms with E-state index in [-0.39, 0.29) is 0 Å². The van der Waals surface area contributed by atoms with Crippen molar-refractivity contribution in [2.45, 2.75) is 38.8 Å². The minimum atomic E-state index is 0.347. The molecule has 1 saturated carbocycles. The van der Waals surface area contributed by atoms with Crippen LogP contribution in [0.4, 0.5) is 0 Å². The van der Waals surface area contributed by atoms with Crippen LogP contribution in [0.2, 0.25) is 0 Å². The van der Waals surface area contributed by atoms with E-state index in [1.807, 2.05) is 0 Å². The summed E-state index contributed by atoms with van der Waals surface area (Å²) < 4.78 is 5.78. The van der Waals surface area contributed by atoms with Crippen molar-refractivity contribution in [3.63, 3.8) is 0 Å². The van der Waals surface area contributed by atoms with Crippen LogP contribution in [-0.4, -0.2) is 25.8 Å². The zero-order chi connectivity index (χ0) is 8.77. The molecule has 70 valence electrons. The number of ether oxygens (including phenoxy) is 1. The molecule has 0 aromatic carbocycles. The molecule has 0 radical (unpaired) electrons. The summed E-state index contributed by atoms with van der Waals surface area (Å²) in [5, 5.41) is 3.41. The summed E-state index contributed by atoms with van der Waals surface area (Å²) in [7, 11) is 2.07. The number of rotatable bonds is 1. The van der Waals surface area contributed by atoms with E-state index in [1.165, 1.54) is 12.8 Å². The van der Waals surface area contributed by atoms with Gasteiger partial charge < -0.3 is 10.1 Å². The lowest BCUT2D eigenvalue weighted by Gasteiger charge is -2.59. The maximum atomic E-state index is 5.78. The van der Waals surface area contributed by atoms with Gasteiger partial charge in [0.25, 0.3) is 0 Å². The van der Waals surface area contributed by atoms with Crippen molar-refractivity contribution in [1.29, 1.82) is 0 Å². The summed E-state index contributed by atoms with van der Waals surface area (Å²) in [4.78, 5) is 0. The first-order chi connectivity index (χ1) is 5.68. The Bertz CT molecular complexity index is 171. The van der Waals surface area contributed by atoms with Gasteiger partial charge >= 0.3 is 0 Å². The van der Waals surface area contributed by atoms with E-state index >= 15 is 0 Å². The Balaban J connectivity index is 2.08. The van der Waals surface area contributed by atoms with Crippen LogP contribution in [-0.2, 0) is 4.74 Å². The van der Waals surface area contributed by atoms with Crippen LogP contribution in [0, 0.1) is 11.3 Å². The summed E-state index contributed by atoms with van der Waals surface area (Å²) in [6.45, 7) is 5.59. The van der Waals surface area contributed by atoms with Crippen LogP contribution in [0.15, 0.2) is 0 Å². The smallest absolute Gasteiger partial charge is 0.0684 e. The van der Waals surface area contributed by atoms with Crippen molar-refractivity contribution in [3.8, 4) is 0 Å². The van der Waals surface area contributed by atoms with Crippen LogP contribution in [0.3, 0.4) is 0 Å². The third-order valence-electron chi connectivity index (χ3n) is 3.64. The Kier molecular flexibility index (Phi) is 1.92. The van der Waals surface area contributed by atoms with Crippen molar-refractivity contribution >= 4 is 0 Å². The summed E-state index contributed by atoms with van der Waals surface area (Å²) in [6, 6.07) is 0.669. The fraction of sp³-hybridized carbons (Fsp3) is 1.00. The Morgan fingerprint density at radius 2 is 2.17 bits per heavy atom. The fourth-order valence-electron chi connectivity index (χ4n) is 3.11. The molecule has 2 fully saturated rings. The minimum absolute atomic E-state index is 0.347. The number of fused-ring (bicyclic) bond motifs is 1. The largest absolute Gasteiger partial charge is 0.377 e. The van der Waals surface area contributed by atoms with Crippen LogP contribution < -0.4 is 5.32 Å². The Morgan fingerprint density at radius 3 is 2.83 bits per heavy atom. The van der Waals surface area contributed by atoms with E-state index in [1.54, 1.807) is 0 Å². The van der Waals surface area contributed by atoms with Crippen LogP contribution in [0.5, 0.6) is 0 Å². The van der Waals surface area contributed by atoms with Crippen molar-refractivity contribution in [3.05, 3.63) is 0 Å². The molecule has 1 heterocycles. The summed E-state index contributed by atoms with van der Waals surface area (Å²) in [6.07, 6.45) is 3.11. The third kappa shape index (κ3) is 0.944. The molecule has 1 saturated heterocycles. The molecule has 0 bridgehead atoms. The predicted molar refractivity (Wildman–Crippen MR) is 49.1 cm³/mol. The molecule has 1 aliphatic carbocycles. The highest BCUT2D eigenvalue weighted by atomic mass is 16.5.